The van der Waals surface area contributed by atoms with Gasteiger partial charge in [0, 0.05) is 0 Å². The van der Waals surface area contributed by atoms with Crippen molar-refractivity contribution >= 4 is 0 Å². The molecule has 0 heterocycles. The van der Waals surface area contributed by atoms with Gasteiger partial charge in [-0.2, -0.15) is 13.2 Å². The van der Waals surface area contributed by atoms with Gasteiger partial charge in [-0.15, -0.1) is 0 Å². The van der Waals surface area contributed by atoms with Gasteiger partial charge in [-0.3, -0.25) is 0 Å². The van der Waals surface area contributed by atoms with Crippen LogP contribution in [0.2, 0.25) is 0 Å². The van der Waals surface area contributed by atoms with Crippen LogP contribution in [0.3, 0.4) is 0 Å². The third-order valence-corrected chi connectivity index (χ3v) is 1.44. The summed E-state index contributed by atoms with van der Waals surface area (Å²) in [6.45, 7) is 0. The summed E-state index contributed by atoms with van der Waals surface area (Å²) in [7, 11) is 0. The average Bonchev–Trinajstić information content (AvgIpc) is 2.11. The van der Waals surface area contributed by atoms with E-state index < -0.39 is 37.3 Å². The van der Waals surface area contributed by atoms with Crippen LogP contribution >= 0.6 is 0 Å². The van der Waals surface area contributed by atoms with Gasteiger partial charge in [0.15, 0.2) is 18.5 Å². The highest BCUT2D eigenvalue weighted by molar-refractivity contribution is 4.86. The molecule has 0 aliphatic carbocycles. The van der Waals surface area contributed by atoms with Crippen LogP contribution in [-0.2, 0) is 0 Å². The number of rotatable bonds is 4. The fourth-order valence-corrected chi connectivity index (χ4v) is 0.657. The van der Waals surface area contributed by atoms with Gasteiger partial charge in [0.1, 0.15) is 0 Å². The predicted octanol–water partition coefficient (Wildman–Crippen LogP) is 3.17. The Kier molecular flexibility index (Phi) is 4.72. The fourth-order valence-electron chi connectivity index (χ4n) is 0.657. The van der Waals surface area contributed by atoms with Crippen LogP contribution in [0.5, 0.6) is 0 Å². The highest BCUT2D eigenvalue weighted by Gasteiger charge is 2.52. The monoisotopic (exact) mass is 248 g/mol. The molecule has 0 fully saturated rings. The Morgan fingerprint density at radius 1 is 0.600 bits per heavy atom. The Hall–Kier alpha value is -0.630. The summed E-state index contributed by atoms with van der Waals surface area (Å²) < 4.78 is 106. The molecule has 0 radical (unpaired) electrons. The number of hydrogen-bond donors (Lipinski definition) is 0. The van der Waals surface area contributed by atoms with Crippen molar-refractivity contribution in [1.82, 2.24) is 0 Å². The molecule has 0 N–H and O–H groups in total. The summed E-state index contributed by atoms with van der Waals surface area (Å²) in [4.78, 5) is 0. The van der Waals surface area contributed by atoms with Crippen LogP contribution in [0.25, 0.3) is 0 Å². The highest BCUT2D eigenvalue weighted by atomic mass is 19.4. The maximum absolute atomic E-state index is 12.3. The second kappa shape index (κ2) is 4.93. The van der Waals surface area contributed by atoms with Gasteiger partial charge in [0.25, 0.3) is 6.43 Å². The van der Waals surface area contributed by atoms with Gasteiger partial charge in [-0.25, -0.2) is 26.3 Å². The lowest BCUT2D eigenvalue weighted by Crippen LogP contribution is -2.44. The second-order valence-electron chi connectivity index (χ2n) is 2.61. The van der Waals surface area contributed by atoms with Crippen molar-refractivity contribution in [1.29, 1.82) is 0 Å². The van der Waals surface area contributed by atoms with Gasteiger partial charge in [-0.1, -0.05) is 0 Å². The van der Waals surface area contributed by atoms with Crippen molar-refractivity contribution in [2.75, 3.05) is 0 Å². The van der Waals surface area contributed by atoms with Crippen molar-refractivity contribution in [2.45, 2.75) is 37.3 Å². The number of alkyl halides is 9. The van der Waals surface area contributed by atoms with Crippen molar-refractivity contribution < 1.29 is 39.5 Å². The number of hydrogen-bond acceptors (Lipinski definition) is 0. The first-order valence-corrected chi connectivity index (χ1v) is 3.50. The van der Waals surface area contributed by atoms with E-state index in [2.05, 4.69) is 0 Å². The van der Waals surface area contributed by atoms with E-state index in [1.165, 1.54) is 0 Å². The summed E-state index contributed by atoms with van der Waals surface area (Å²) >= 11 is 0. The van der Waals surface area contributed by atoms with Crippen LogP contribution in [0, 0.1) is 0 Å². The first-order valence-electron chi connectivity index (χ1n) is 3.50. The normalized spacial score (nSPS) is 21.2. The topological polar surface area (TPSA) is 0 Å². The largest absolute Gasteiger partial charge is 0.422 e. The van der Waals surface area contributed by atoms with Crippen molar-refractivity contribution in [2.24, 2.45) is 0 Å². The molecule has 0 amide bonds. The molecular formula is C6H5F9. The van der Waals surface area contributed by atoms with Gasteiger partial charge >= 0.3 is 6.18 Å². The Morgan fingerprint density at radius 3 is 1.27 bits per heavy atom. The van der Waals surface area contributed by atoms with Gasteiger partial charge in [0.2, 0.25) is 6.17 Å². The molecule has 0 aromatic rings. The molecule has 0 aromatic carbocycles. The zero-order valence-corrected chi connectivity index (χ0v) is 6.79. The maximum atomic E-state index is 12.3. The van der Waals surface area contributed by atoms with Crippen LogP contribution in [0.15, 0.2) is 0 Å². The zero-order valence-electron chi connectivity index (χ0n) is 6.79. The molecular weight excluding hydrogens is 243 g/mol. The summed E-state index contributed by atoms with van der Waals surface area (Å²) in [6, 6.07) is 0. The number of halogens is 9. The minimum absolute atomic E-state index is 3.79. The Labute approximate surface area is 78.1 Å². The SMILES string of the molecule is FC(F)C(F)C(F)C(F)C(F)C(F)(F)F. The molecule has 15 heavy (non-hydrogen) atoms. The lowest BCUT2D eigenvalue weighted by molar-refractivity contribution is -0.206. The van der Waals surface area contributed by atoms with Crippen LogP contribution < -0.4 is 0 Å². The van der Waals surface area contributed by atoms with Crippen molar-refractivity contribution in [3.8, 4) is 0 Å². The van der Waals surface area contributed by atoms with E-state index in [9.17, 15) is 39.5 Å². The highest BCUT2D eigenvalue weighted by Crippen LogP contribution is 2.31. The van der Waals surface area contributed by atoms with Crippen LogP contribution in [-0.4, -0.2) is 37.3 Å². The maximum Gasteiger partial charge on any atom is 0.422 e. The lowest BCUT2D eigenvalue weighted by atomic mass is 10.1. The molecule has 9 heteroatoms. The molecule has 0 aliphatic heterocycles. The minimum atomic E-state index is -5.76. The smallest absolute Gasteiger partial charge is 0.241 e. The van der Waals surface area contributed by atoms with E-state index in [4.69, 9.17) is 0 Å². The molecule has 0 spiro atoms. The summed E-state index contributed by atoms with van der Waals surface area (Å²) in [5.41, 5.74) is 0. The van der Waals surface area contributed by atoms with Crippen molar-refractivity contribution in [3.63, 3.8) is 0 Å². The fraction of sp³-hybridized carbons (Fsp3) is 1.00. The minimum Gasteiger partial charge on any atom is -0.241 e. The molecule has 4 atom stereocenters. The van der Waals surface area contributed by atoms with E-state index in [1.54, 1.807) is 0 Å². The molecule has 4 unspecified atom stereocenters. The van der Waals surface area contributed by atoms with E-state index >= 15 is 0 Å². The van der Waals surface area contributed by atoms with Crippen LogP contribution in [0.4, 0.5) is 39.5 Å². The molecule has 0 saturated carbocycles. The molecule has 0 rings (SSSR count). The van der Waals surface area contributed by atoms with E-state index in [0.29, 0.717) is 0 Å². The summed E-state index contributed by atoms with van der Waals surface area (Å²) in [5, 5.41) is 0. The second-order valence-corrected chi connectivity index (χ2v) is 2.61. The third-order valence-electron chi connectivity index (χ3n) is 1.44. The van der Waals surface area contributed by atoms with Gasteiger partial charge in [-0.05, 0) is 0 Å². The summed E-state index contributed by atoms with van der Waals surface area (Å²) in [5.74, 6) is 0. The van der Waals surface area contributed by atoms with E-state index in [1.807, 2.05) is 0 Å². The van der Waals surface area contributed by atoms with Crippen molar-refractivity contribution in [3.05, 3.63) is 0 Å². The molecule has 0 nitrogen and oxygen atoms in total. The van der Waals surface area contributed by atoms with Gasteiger partial charge < -0.3 is 0 Å². The van der Waals surface area contributed by atoms with Crippen LogP contribution in [0.1, 0.15) is 0 Å². The van der Waals surface area contributed by atoms with E-state index in [-0.39, 0.29) is 0 Å². The molecule has 0 aromatic heterocycles. The third kappa shape index (κ3) is 3.78. The standard InChI is InChI=1S/C6H5F9/c7-1(3(9)5(11)12)2(8)4(10)6(13,14)15/h1-5H. The first kappa shape index (κ1) is 14.4. The zero-order chi connectivity index (χ0) is 12.4. The molecule has 92 valence electrons. The quantitative estimate of drug-likeness (QED) is 0.670. The first-order chi connectivity index (χ1) is 6.59. The van der Waals surface area contributed by atoms with Gasteiger partial charge in [0.05, 0.1) is 0 Å². The average molecular weight is 248 g/mol. The Balaban J connectivity index is 4.51. The molecule has 0 bridgehead atoms. The lowest BCUT2D eigenvalue weighted by Gasteiger charge is -2.21. The molecule has 0 aliphatic rings. The summed E-state index contributed by atoms with van der Waals surface area (Å²) in [6.07, 6.45) is -25.8. The molecule has 0 saturated heterocycles. The Bertz CT molecular complexity index is 188. The van der Waals surface area contributed by atoms with E-state index in [0.717, 1.165) is 0 Å². The Morgan fingerprint density at radius 2 is 1.00 bits per heavy atom. The predicted molar refractivity (Wildman–Crippen MR) is 31.6 cm³/mol.